The van der Waals surface area contributed by atoms with Gasteiger partial charge in [0.15, 0.2) is 0 Å². The van der Waals surface area contributed by atoms with Crippen molar-refractivity contribution in [1.82, 2.24) is 9.62 Å². The molecular weight excluding hydrogens is 321 g/mol. The number of halogens is 1. The van der Waals surface area contributed by atoms with Gasteiger partial charge in [-0.3, -0.25) is 4.79 Å². The molecule has 0 aliphatic heterocycles. The van der Waals surface area contributed by atoms with Gasteiger partial charge in [-0.2, -0.15) is 0 Å². The van der Waals surface area contributed by atoms with Gasteiger partial charge in [0.25, 0.3) is 0 Å². The molecule has 0 saturated carbocycles. The maximum Gasteiger partial charge on any atom is 0.242 e. The van der Waals surface area contributed by atoms with Gasteiger partial charge in [-0.1, -0.05) is 0 Å². The van der Waals surface area contributed by atoms with E-state index in [1.54, 1.807) is 0 Å². The fraction of sp³-hybridized carbons (Fsp3) is 0.533. The summed E-state index contributed by atoms with van der Waals surface area (Å²) >= 11 is 0. The van der Waals surface area contributed by atoms with E-state index in [2.05, 4.69) is 5.32 Å². The van der Waals surface area contributed by atoms with E-state index in [0.29, 0.717) is 19.4 Å². The molecule has 3 N–H and O–H groups in total. The van der Waals surface area contributed by atoms with Crippen molar-refractivity contribution in [1.29, 1.82) is 0 Å². The van der Waals surface area contributed by atoms with Gasteiger partial charge in [0.05, 0.1) is 4.90 Å². The summed E-state index contributed by atoms with van der Waals surface area (Å²) in [5.41, 5.74) is 5.58. The number of amides is 1. The summed E-state index contributed by atoms with van der Waals surface area (Å²) in [5, 5.41) is 2.74. The number of nitrogens with zero attached hydrogens (tertiary/aromatic N) is 1. The molecule has 23 heavy (non-hydrogen) atoms. The lowest BCUT2D eigenvalue weighted by atomic mass is 10.2. The van der Waals surface area contributed by atoms with Crippen molar-refractivity contribution >= 4 is 15.9 Å². The zero-order valence-electron chi connectivity index (χ0n) is 13.5. The second-order valence-electron chi connectivity index (χ2n) is 5.50. The molecule has 1 rings (SSSR count). The molecule has 1 unspecified atom stereocenters. The van der Waals surface area contributed by atoms with Gasteiger partial charge in [0.1, 0.15) is 5.82 Å². The molecule has 0 aromatic heterocycles. The zero-order chi connectivity index (χ0) is 17.5. The highest BCUT2D eigenvalue weighted by atomic mass is 32.2. The number of rotatable bonds is 9. The van der Waals surface area contributed by atoms with Crippen LogP contribution in [0.25, 0.3) is 0 Å². The molecule has 0 aliphatic rings. The maximum atomic E-state index is 12.9. The second-order valence-corrected chi connectivity index (χ2v) is 7.54. The Bertz CT molecular complexity index is 603. The first kappa shape index (κ1) is 19.5. The Kier molecular flexibility index (Phi) is 7.60. The van der Waals surface area contributed by atoms with Gasteiger partial charge in [-0.05, 0) is 44.0 Å². The van der Waals surface area contributed by atoms with Gasteiger partial charge >= 0.3 is 0 Å². The Balaban J connectivity index is 2.42. The lowest BCUT2D eigenvalue weighted by Gasteiger charge is -2.17. The number of nitrogens with one attached hydrogen (secondary N) is 1. The normalized spacial score (nSPS) is 13.1. The van der Waals surface area contributed by atoms with Gasteiger partial charge in [-0.15, -0.1) is 0 Å². The minimum absolute atomic E-state index is 0.0299. The van der Waals surface area contributed by atoms with Gasteiger partial charge in [-0.25, -0.2) is 17.1 Å². The predicted molar refractivity (Wildman–Crippen MR) is 86.7 cm³/mol. The monoisotopic (exact) mass is 345 g/mol. The third kappa shape index (κ3) is 6.64. The minimum atomic E-state index is -3.66. The first-order chi connectivity index (χ1) is 10.7. The number of hydrogen-bond acceptors (Lipinski definition) is 4. The van der Waals surface area contributed by atoms with Crippen LogP contribution in [0.5, 0.6) is 0 Å². The fourth-order valence-corrected chi connectivity index (χ4v) is 3.11. The smallest absolute Gasteiger partial charge is 0.242 e. The summed E-state index contributed by atoms with van der Waals surface area (Å²) in [6.45, 7) is 2.59. The molecule has 0 saturated heterocycles. The maximum absolute atomic E-state index is 12.9. The summed E-state index contributed by atoms with van der Waals surface area (Å²) in [7, 11) is -2.23. The first-order valence-electron chi connectivity index (χ1n) is 7.47. The van der Waals surface area contributed by atoms with Crippen LogP contribution in [0.3, 0.4) is 0 Å². The molecule has 130 valence electrons. The number of nitrogens with two attached hydrogens (primary N) is 1. The molecule has 1 aromatic carbocycles. The summed E-state index contributed by atoms with van der Waals surface area (Å²) < 4.78 is 38.5. The highest BCUT2D eigenvalue weighted by Gasteiger charge is 2.20. The van der Waals surface area contributed by atoms with Crippen molar-refractivity contribution < 1.29 is 17.6 Å². The molecule has 1 atom stereocenters. The first-order valence-corrected chi connectivity index (χ1v) is 8.91. The SMILES string of the molecule is CC(N)CCNC(=O)CCCN(C)S(=O)(=O)c1ccc(F)cc1. The van der Waals surface area contributed by atoms with Crippen LogP contribution < -0.4 is 11.1 Å². The molecule has 0 radical (unpaired) electrons. The van der Waals surface area contributed by atoms with Gasteiger partial charge < -0.3 is 11.1 Å². The Morgan fingerprint density at radius 2 is 1.96 bits per heavy atom. The second kappa shape index (κ2) is 8.95. The van der Waals surface area contributed by atoms with E-state index in [1.807, 2.05) is 6.92 Å². The number of carbonyl (C=O) groups excluding carboxylic acids is 1. The van der Waals surface area contributed by atoms with Crippen LogP contribution >= 0.6 is 0 Å². The molecule has 0 aliphatic carbocycles. The average Bonchev–Trinajstić information content (AvgIpc) is 2.47. The van der Waals surface area contributed by atoms with E-state index in [9.17, 15) is 17.6 Å². The average molecular weight is 345 g/mol. The lowest BCUT2D eigenvalue weighted by molar-refractivity contribution is -0.121. The highest BCUT2D eigenvalue weighted by molar-refractivity contribution is 7.89. The Hall–Kier alpha value is -1.51. The van der Waals surface area contributed by atoms with Gasteiger partial charge in [0, 0.05) is 32.6 Å². The van der Waals surface area contributed by atoms with Crippen molar-refractivity contribution in [2.24, 2.45) is 5.73 Å². The standard InChI is InChI=1S/C15H24FN3O3S/c1-12(17)9-10-18-15(20)4-3-11-19(2)23(21,22)14-7-5-13(16)6-8-14/h5-8,12H,3-4,9-11,17H2,1-2H3,(H,18,20). The van der Waals surface area contributed by atoms with E-state index < -0.39 is 15.8 Å². The van der Waals surface area contributed by atoms with Crippen molar-refractivity contribution in [2.75, 3.05) is 20.1 Å². The number of carbonyl (C=O) groups is 1. The number of hydrogen-bond donors (Lipinski definition) is 2. The van der Waals surface area contributed by atoms with Crippen molar-refractivity contribution in [2.45, 2.75) is 37.1 Å². The van der Waals surface area contributed by atoms with Crippen LogP contribution in [0.4, 0.5) is 4.39 Å². The van der Waals surface area contributed by atoms with Crippen LogP contribution in [-0.2, 0) is 14.8 Å². The molecule has 1 aromatic rings. The molecule has 0 spiro atoms. The minimum Gasteiger partial charge on any atom is -0.356 e. The Morgan fingerprint density at radius 3 is 2.52 bits per heavy atom. The summed E-state index contributed by atoms with van der Waals surface area (Å²) in [5.74, 6) is -0.617. The van der Waals surface area contributed by atoms with E-state index in [-0.39, 0.29) is 29.8 Å². The Labute approximate surface area is 136 Å². The molecule has 8 heteroatoms. The fourth-order valence-electron chi connectivity index (χ4n) is 1.90. The van der Waals surface area contributed by atoms with Crippen LogP contribution in [0, 0.1) is 5.82 Å². The molecular formula is C15H24FN3O3S. The largest absolute Gasteiger partial charge is 0.356 e. The van der Waals surface area contributed by atoms with Gasteiger partial charge in [0.2, 0.25) is 15.9 Å². The molecule has 0 fully saturated rings. The highest BCUT2D eigenvalue weighted by Crippen LogP contribution is 2.15. The summed E-state index contributed by atoms with van der Waals surface area (Å²) in [6.07, 6.45) is 1.34. The third-order valence-corrected chi connectivity index (χ3v) is 5.19. The molecule has 1 amide bonds. The van der Waals surface area contributed by atoms with Crippen LogP contribution in [0.15, 0.2) is 29.2 Å². The number of sulfonamides is 1. The van der Waals surface area contributed by atoms with Crippen LogP contribution in [0.2, 0.25) is 0 Å². The third-order valence-electron chi connectivity index (χ3n) is 3.32. The van der Waals surface area contributed by atoms with E-state index in [4.69, 9.17) is 5.73 Å². The van der Waals surface area contributed by atoms with Crippen molar-refractivity contribution in [3.8, 4) is 0 Å². The predicted octanol–water partition coefficient (Wildman–Crippen LogP) is 1.08. The van der Waals surface area contributed by atoms with Crippen LogP contribution in [-0.4, -0.2) is 44.8 Å². The molecule has 0 bridgehead atoms. The Morgan fingerprint density at radius 1 is 1.35 bits per heavy atom. The topological polar surface area (TPSA) is 92.5 Å². The summed E-state index contributed by atoms with van der Waals surface area (Å²) in [4.78, 5) is 11.6. The molecule has 0 heterocycles. The van der Waals surface area contributed by atoms with E-state index >= 15 is 0 Å². The van der Waals surface area contributed by atoms with E-state index in [0.717, 1.165) is 16.4 Å². The van der Waals surface area contributed by atoms with Crippen LogP contribution in [0.1, 0.15) is 26.2 Å². The lowest BCUT2D eigenvalue weighted by Crippen LogP contribution is -2.31. The van der Waals surface area contributed by atoms with Crippen molar-refractivity contribution in [3.05, 3.63) is 30.1 Å². The number of benzene rings is 1. The van der Waals surface area contributed by atoms with Crippen molar-refractivity contribution in [3.63, 3.8) is 0 Å². The zero-order valence-corrected chi connectivity index (χ0v) is 14.3. The summed E-state index contributed by atoms with van der Waals surface area (Å²) in [6, 6.07) is 4.69. The molecule has 6 nitrogen and oxygen atoms in total. The van der Waals surface area contributed by atoms with E-state index in [1.165, 1.54) is 19.2 Å². The quantitative estimate of drug-likeness (QED) is 0.700.